The Balaban J connectivity index is 1.57. The van der Waals surface area contributed by atoms with Gasteiger partial charge in [-0.3, -0.25) is 9.98 Å². The molecule has 7 heteroatoms. The average molecular weight is 412 g/mol. The molecule has 1 aliphatic rings. The fourth-order valence-corrected chi connectivity index (χ4v) is 3.61. The van der Waals surface area contributed by atoms with Crippen LogP contribution in [0.1, 0.15) is 27.9 Å². The number of aliphatic imine (C=N–C) groups is 1. The normalized spacial score (nSPS) is 13.8. The van der Waals surface area contributed by atoms with Crippen molar-refractivity contribution in [3.63, 3.8) is 0 Å². The second-order valence-corrected chi connectivity index (χ2v) is 7.33. The van der Waals surface area contributed by atoms with E-state index in [0.717, 1.165) is 46.7 Å². The lowest BCUT2D eigenvalue weighted by molar-refractivity contribution is 0.628. The molecule has 0 atom stereocenters. The van der Waals surface area contributed by atoms with Crippen LogP contribution in [0.15, 0.2) is 60.0 Å². The molecule has 0 saturated heterocycles. The molecule has 0 amide bonds. The fraction of sp³-hybridized carbons (Fsp3) is 0.167. The van der Waals surface area contributed by atoms with Crippen molar-refractivity contribution in [3.05, 3.63) is 88.8 Å². The highest BCUT2D eigenvalue weighted by Gasteiger charge is 2.20. The maximum atomic E-state index is 13.1. The Morgan fingerprint density at radius 1 is 1.23 bits per heavy atom. The van der Waals surface area contributed by atoms with E-state index in [1.54, 1.807) is 30.7 Å². The molecule has 3 heterocycles. The van der Waals surface area contributed by atoms with Gasteiger partial charge in [0.15, 0.2) is 0 Å². The van der Waals surface area contributed by atoms with Crippen LogP contribution in [0.4, 0.5) is 15.9 Å². The summed E-state index contributed by atoms with van der Waals surface area (Å²) in [5.41, 5.74) is 11.8. The van der Waals surface area contributed by atoms with Gasteiger partial charge in [0.25, 0.3) is 0 Å². The van der Waals surface area contributed by atoms with Crippen LogP contribution in [-0.2, 0) is 13.0 Å². The number of hydrogen-bond donors (Lipinski definition) is 1. The molecular formula is C24H21FN6. The van der Waals surface area contributed by atoms with E-state index < -0.39 is 0 Å². The molecule has 1 aromatic carbocycles. The zero-order valence-electron chi connectivity index (χ0n) is 17.1. The van der Waals surface area contributed by atoms with Gasteiger partial charge in [-0.25, -0.2) is 9.37 Å². The molecule has 0 spiro atoms. The lowest BCUT2D eigenvalue weighted by atomic mass is 10.0. The van der Waals surface area contributed by atoms with E-state index in [0.29, 0.717) is 17.8 Å². The number of pyridine rings is 2. The number of allylic oxidation sites excluding steroid dienone is 1. The van der Waals surface area contributed by atoms with Crippen LogP contribution in [0.3, 0.4) is 0 Å². The number of nitrogens with two attached hydrogens (primary N) is 1. The summed E-state index contributed by atoms with van der Waals surface area (Å²) >= 11 is 0. The molecule has 0 bridgehead atoms. The lowest BCUT2D eigenvalue weighted by Crippen LogP contribution is -2.32. The van der Waals surface area contributed by atoms with Gasteiger partial charge in [-0.2, -0.15) is 5.26 Å². The highest BCUT2D eigenvalue weighted by atomic mass is 19.1. The van der Waals surface area contributed by atoms with Gasteiger partial charge in [-0.15, -0.1) is 0 Å². The minimum absolute atomic E-state index is 0.302. The van der Waals surface area contributed by atoms with Crippen LogP contribution in [0.25, 0.3) is 5.57 Å². The first kappa shape index (κ1) is 20.2. The molecule has 154 valence electrons. The predicted octanol–water partition coefficient (Wildman–Crippen LogP) is 4.06. The highest BCUT2D eigenvalue weighted by molar-refractivity contribution is 6.10. The maximum Gasteiger partial charge on any atom is 0.131 e. The van der Waals surface area contributed by atoms with Crippen molar-refractivity contribution >= 4 is 23.3 Å². The number of fused-ring (bicyclic) bond motifs is 1. The van der Waals surface area contributed by atoms with E-state index in [2.05, 4.69) is 32.0 Å². The van der Waals surface area contributed by atoms with Crippen LogP contribution in [0.2, 0.25) is 0 Å². The molecule has 31 heavy (non-hydrogen) atoms. The van der Waals surface area contributed by atoms with E-state index in [1.165, 1.54) is 18.3 Å². The summed E-state index contributed by atoms with van der Waals surface area (Å²) in [6.45, 7) is 3.45. The van der Waals surface area contributed by atoms with Crippen molar-refractivity contribution in [3.8, 4) is 6.07 Å². The smallest absolute Gasteiger partial charge is 0.131 e. The van der Waals surface area contributed by atoms with Crippen LogP contribution < -0.4 is 10.6 Å². The maximum absolute atomic E-state index is 13.1. The Bertz CT molecular complexity index is 1210. The lowest BCUT2D eigenvalue weighted by Gasteiger charge is -2.30. The van der Waals surface area contributed by atoms with Gasteiger partial charge in [0.05, 0.1) is 11.3 Å². The van der Waals surface area contributed by atoms with Crippen molar-refractivity contribution in [2.45, 2.75) is 19.9 Å². The van der Waals surface area contributed by atoms with Crippen LogP contribution in [0, 0.1) is 24.1 Å². The number of anilines is 1. The van der Waals surface area contributed by atoms with E-state index in [-0.39, 0.29) is 5.82 Å². The van der Waals surface area contributed by atoms with Crippen LogP contribution in [0.5, 0.6) is 0 Å². The monoisotopic (exact) mass is 412 g/mol. The summed E-state index contributed by atoms with van der Waals surface area (Å²) in [6, 6.07) is 12.0. The Hall–Kier alpha value is -4.05. The van der Waals surface area contributed by atoms with Gasteiger partial charge < -0.3 is 10.6 Å². The standard InChI is InChI=1S/C24H21FN6/c1-16-8-17(10-26)12-30-24(16)31-7-6-23-19(15-31)9-18(13-29-23)20(11-27)14-28-22-4-2-21(25)3-5-22/h2-5,8-9,11-14H,6-7,15,27H2,1H3. The molecule has 0 aliphatic carbocycles. The third-order valence-electron chi connectivity index (χ3n) is 5.21. The molecule has 4 rings (SSSR count). The van der Waals surface area contributed by atoms with Crippen molar-refractivity contribution in [1.82, 2.24) is 9.97 Å². The summed E-state index contributed by atoms with van der Waals surface area (Å²) in [7, 11) is 0. The molecule has 0 unspecified atom stereocenters. The first-order chi connectivity index (χ1) is 15.1. The number of aromatic nitrogens is 2. The summed E-state index contributed by atoms with van der Waals surface area (Å²) < 4.78 is 13.1. The van der Waals surface area contributed by atoms with Gasteiger partial charge in [0.2, 0.25) is 0 Å². The fourth-order valence-electron chi connectivity index (χ4n) is 3.61. The highest BCUT2D eigenvalue weighted by Crippen LogP contribution is 2.27. The molecule has 3 aromatic rings. The molecule has 0 fully saturated rings. The first-order valence-electron chi connectivity index (χ1n) is 9.89. The Kier molecular flexibility index (Phi) is 5.72. The van der Waals surface area contributed by atoms with E-state index in [9.17, 15) is 4.39 Å². The van der Waals surface area contributed by atoms with Crippen molar-refractivity contribution in [2.75, 3.05) is 11.4 Å². The average Bonchev–Trinajstić information content (AvgIpc) is 2.80. The Labute approximate surface area is 180 Å². The molecule has 0 saturated carbocycles. The summed E-state index contributed by atoms with van der Waals surface area (Å²) in [4.78, 5) is 15.7. The number of hydrogen-bond acceptors (Lipinski definition) is 6. The summed E-state index contributed by atoms with van der Waals surface area (Å²) in [5.74, 6) is 0.575. The topological polar surface area (TPSA) is 91.2 Å². The minimum atomic E-state index is -0.302. The number of nitriles is 1. The van der Waals surface area contributed by atoms with Crippen molar-refractivity contribution in [2.24, 2.45) is 10.7 Å². The molecule has 2 N–H and O–H groups in total. The van der Waals surface area contributed by atoms with Gasteiger partial charge >= 0.3 is 0 Å². The van der Waals surface area contributed by atoms with E-state index in [4.69, 9.17) is 11.0 Å². The molecule has 6 nitrogen and oxygen atoms in total. The quantitative estimate of drug-likeness (QED) is 0.653. The second-order valence-electron chi connectivity index (χ2n) is 7.33. The Morgan fingerprint density at radius 2 is 2.03 bits per heavy atom. The van der Waals surface area contributed by atoms with Gasteiger partial charge in [0.1, 0.15) is 17.7 Å². The number of benzene rings is 1. The minimum Gasteiger partial charge on any atom is -0.404 e. The van der Waals surface area contributed by atoms with E-state index >= 15 is 0 Å². The number of nitrogens with zero attached hydrogens (tertiary/aromatic N) is 5. The SMILES string of the molecule is Cc1cc(C#N)cnc1N1CCc2ncc(C(C=Nc3ccc(F)cc3)=CN)cc2C1. The van der Waals surface area contributed by atoms with Crippen LogP contribution in [-0.4, -0.2) is 22.7 Å². The number of halogens is 1. The van der Waals surface area contributed by atoms with Crippen LogP contribution >= 0.6 is 0 Å². The third kappa shape index (κ3) is 4.43. The molecule has 2 aromatic heterocycles. The number of aryl methyl sites for hydroxylation is 1. The van der Waals surface area contributed by atoms with E-state index in [1.807, 2.05) is 13.0 Å². The Morgan fingerprint density at radius 3 is 2.74 bits per heavy atom. The van der Waals surface area contributed by atoms with Gasteiger partial charge in [0, 0.05) is 61.1 Å². The van der Waals surface area contributed by atoms with Gasteiger partial charge in [-0.05, 0) is 54.4 Å². The first-order valence-corrected chi connectivity index (χ1v) is 9.89. The molecular weight excluding hydrogens is 391 g/mol. The molecule has 1 aliphatic heterocycles. The van der Waals surface area contributed by atoms with Crippen molar-refractivity contribution in [1.29, 1.82) is 5.26 Å². The summed E-state index contributed by atoms with van der Waals surface area (Å²) in [6.07, 6.45) is 7.36. The third-order valence-corrected chi connectivity index (χ3v) is 5.21. The van der Waals surface area contributed by atoms with Gasteiger partial charge in [-0.1, -0.05) is 0 Å². The predicted molar refractivity (Wildman–Crippen MR) is 119 cm³/mol. The largest absolute Gasteiger partial charge is 0.404 e. The number of rotatable bonds is 4. The molecule has 0 radical (unpaired) electrons. The zero-order chi connectivity index (χ0) is 21.8. The zero-order valence-corrected chi connectivity index (χ0v) is 17.1. The van der Waals surface area contributed by atoms with Crippen molar-refractivity contribution < 1.29 is 4.39 Å². The second kappa shape index (κ2) is 8.76. The summed E-state index contributed by atoms with van der Waals surface area (Å²) in [5, 5.41) is 9.07.